The lowest BCUT2D eigenvalue weighted by molar-refractivity contribution is 0.679. The highest BCUT2D eigenvalue weighted by Crippen LogP contribution is 2.28. The molecule has 5 heteroatoms. The number of terminal acetylenes is 1. The van der Waals surface area contributed by atoms with Gasteiger partial charge >= 0.3 is 0 Å². The van der Waals surface area contributed by atoms with Crippen LogP contribution in [0.5, 0.6) is 0 Å². The highest BCUT2D eigenvalue weighted by Gasteiger charge is 2.13. The van der Waals surface area contributed by atoms with Crippen LogP contribution in [0.3, 0.4) is 0 Å². The van der Waals surface area contributed by atoms with Crippen molar-refractivity contribution in [3.05, 3.63) is 106 Å². The summed E-state index contributed by atoms with van der Waals surface area (Å²) in [5.41, 5.74) is 14.6. The zero-order chi connectivity index (χ0) is 28.4. The summed E-state index contributed by atoms with van der Waals surface area (Å²) in [6, 6.07) is 0. The molecular formula is C34H41N5. The Balaban J connectivity index is 1.91. The summed E-state index contributed by atoms with van der Waals surface area (Å²) in [6.07, 6.45) is 33.8. The third-order valence-corrected chi connectivity index (χ3v) is 7.06. The van der Waals surface area contributed by atoms with Crippen LogP contribution in [0.15, 0.2) is 94.3 Å². The van der Waals surface area contributed by atoms with E-state index in [9.17, 15) is 0 Å². The number of nitrogens with one attached hydrogen (secondary N) is 2. The quantitative estimate of drug-likeness (QED) is 0.128. The molecule has 2 aliphatic carbocycles. The maximum Gasteiger partial charge on any atom is 0.159 e. The molecule has 0 aliphatic heterocycles. The Morgan fingerprint density at radius 1 is 1.26 bits per heavy atom. The van der Waals surface area contributed by atoms with E-state index < -0.39 is 0 Å². The first-order valence-corrected chi connectivity index (χ1v) is 13.5. The van der Waals surface area contributed by atoms with Gasteiger partial charge in [-0.15, -0.1) is 12.3 Å². The molecule has 1 aromatic heterocycles. The first kappa shape index (κ1) is 29.3. The zero-order valence-corrected chi connectivity index (χ0v) is 23.9. The second-order valence-corrected chi connectivity index (χ2v) is 10.1. The van der Waals surface area contributed by atoms with Gasteiger partial charge in [0, 0.05) is 30.8 Å². The number of nitrogens with zero attached hydrogens (tertiary/aromatic N) is 2. The van der Waals surface area contributed by atoms with E-state index in [4.69, 9.17) is 22.7 Å². The van der Waals surface area contributed by atoms with Gasteiger partial charge in [0.1, 0.15) is 5.84 Å². The first-order chi connectivity index (χ1) is 18.7. The van der Waals surface area contributed by atoms with Crippen molar-refractivity contribution in [3.63, 3.8) is 0 Å². The molecule has 202 valence electrons. The number of rotatable bonds is 10. The van der Waals surface area contributed by atoms with Crippen molar-refractivity contribution in [1.29, 1.82) is 5.41 Å². The largest absolute Gasteiger partial charge is 0.384 e. The van der Waals surface area contributed by atoms with Gasteiger partial charge in [0.2, 0.25) is 0 Å². The maximum absolute atomic E-state index is 7.84. The van der Waals surface area contributed by atoms with Crippen LogP contribution < -0.4 is 11.1 Å². The summed E-state index contributed by atoms with van der Waals surface area (Å²) < 4.78 is 1.89. The van der Waals surface area contributed by atoms with Crippen LogP contribution >= 0.6 is 0 Å². The molecule has 4 N–H and O–H groups in total. The van der Waals surface area contributed by atoms with Crippen molar-refractivity contribution in [2.75, 3.05) is 5.32 Å². The summed E-state index contributed by atoms with van der Waals surface area (Å²) >= 11 is 0. The van der Waals surface area contributed by atoms with Crippen LogP contribution in [-0.2, 0) is 7.05 Å². The van der Waals surface area contributed by atoms with Crippen molar-refractivity contribution < 1.29 is 0 Å². The van der Waals surface area contributed by atoms with E-state index in [0.717, 1.165) is 52.2 Å². The summed E-state index contributed by atoms with van der Waals surface area (Å²) in [4.78, 5) is 0. The minimum atomic E-state index is 0.121. The minimum Gasteiger partial charge on any atom is -0.384 e. The molecule has 1 aromatic rings. The van der Waals surface area contributed by atoms with E-state index in [1.807, 2.05) is 50.0 Å². The van der Waals surface area contributed by atoms with Crippen LogP contribution in [0, 0.1) is 23.7 Å². The maximum atomic E-state index is 7.84. The number of hydrogen-bond acceptors (Lipinski definition) is 3. The zero-order valence-electron chi connectivity index (χ0n) is 23.9. The average molecular weight is 520 g/mol. The Morgan fingerprint density at radius 3 is 2.74 bits per heavy atom. The molecule has 3 rings (SSSR count). The van der Waals surface area contributed by atoms with Gasteiger partial charge in [0.15, 0.2) is 5.82 Å². The molecule has 2 aliphatic rings. The standard InChI is InChI=1S/C34H41N5/c1-7-9-10-12-29(22-28-16-13-24(3)26(5)21-28)23-37-34-31(32(11-8-2)39(6)38-34)20-18-27-15-14-25(4)30(19-17-27)33(35)36/h1,8,10-12,14-18,20-21,23-24H,9,13,19,22H2,2-6H3,(H3,35,36)(H,37,38)/b11-8-,12-10-,20-18+,29-23-. The molecular weight excluding hydrogens is 478 g/mol. The SMILES string of the molecule is C#CC/C=C\C(=C\Nc1nn(C)c(/C=C\C)c1/C=C/C1=CCC(C(=N)N)=C(C)C=C1)CC1=CCC(C)C(C)=C1. The van der Waals surface area contributed by atoms with Crippen molar-refractivity contribution in [1.82, 2.24) is 9.78 Å². The number of anilines is 1. The molecule has 0 radical (unpaired) electrons. The molecule has 1 unspecified atom stereocenters. The lowest BCUT2D eigenvalue weighted by atomic mass is 9.89. The highest BCUT2D eigenvalue weighted by atomic mass is 15.3. The number of nitrogens with two attached hydrogens (primary N) is 1. The van der Waals surface area contributed by atoms with Crippen molar-refractivity contribution in [2.45, 2.75) is 53.4 Å². The predicted octanol–water partition coefficient (Wildman–Crippen LogP) is 7.78. The van der Waals surface area contributed by atoms with Gasteiger partial charge in [-0.25, -0.2) is 0 Å². The van der Waals surface area contributed by atoms with E-state index in [1.165, 1.54) is 11.1 Å². The molecule has 0 spiro atoms. The van der Waals surface area contributed by atoms with Gasteiger partial charge < -0.3 is 11.1 Å². The van der Waals surface area contributed by atoms with E-state index in [0.29, 0.717) is 18.8 Å². The number of allylic oxidation sites excluding steroid dienone is 14. The second-order valence-electron chi connectivity index (χ2n) is 10.1. The molecule has 1 heterocycles. The highest BCUT2D eigenvalue weighted by molar-refractivity contribution is 5.96. The van der Waals surface area contributed by atoms with Gasteiger partial charge in [-0.1, -0.05) is 67.2 Å². The molecule has 0 bridgehead atoms. The van der Waals surface area contributed by atoms with Crippen molar-refractivity contribution in [2.24, 2.45) is 18.7 Å². The summed E-state index contributed by atoms with van der Waals surface area (Å²) in [7, 11) is 1.95. The third-order valence-electron chi connectivity index (χ3n) is 7.06. The van der Waals surface area contributed by atoms with Crippen LogP contribution in [0.2, 0.25) is 0 Å². The Bertz CT molecular complexity index is 1400. The van der Waals surface area contributed by atoms with Crippen LogP contribution in [0.4, 0.5) is 5.82 Å². The fourth-order valence-electron chi connectivity index (χ4n) is 4.54. The van der Waals surface area contributed by atoms with E-state index in [2.05, 4.69) is 73.7 Å². The van der Waals surface area contributed by atoms with Gasteiger partial charge in [-0.3, -0.25) is 10.1 Å². The van der Waals surface area contributed by atoms with Gasteiger partial charge in [-0.2, -0.15) is 5.10 Å². The summed E-state index contributed by atoms with van der Waals surface area (Å²) in [5, 5.41) is 16.1. The molecule has 1 atom stereocenters. The van der Waals surface area contributed by atoms with E-state index in [1.54, 1.807) is 0 Å². The molecule has 0 saturated carbocycles. The molecule has 0 saturated heterocycles. The number of amidine groups is 1. The second kappa shape index (κ2) is 14.0. The first-order valence-electron chi connectivity index (χ1n) is 13.5. The Morgan fingerprint density at radius 2 is 2.05 bits per heavy atom. The third kappa shape index (κ3) is 8.09. The van der Waals surface area contributed by atoms with Gasteiger partial charge in [-0.05, 0) is 80.4 Å². The molecule has 0 aromatic carbocycles. The molecule has 39 heavy (non-hydrogen) atoms. The Labute approximate surface area is 234 Å². The van der Waals surface area contributed by atoms with Crippen LogP contribution in [0.1, 0.15) is 64.6 Å². The Kier molecular flexibility index (Phi) is 10.5. The lowest BCUT2D eigenvalue weighted by Gasteiger charge is -2.17. The number of aryl methyl sites for hydroxylation is 1. The number of hydrogen-bond donors (Lipinski definition) is 3. The van der Waals surface area contributed by atoms with Gasteiger partial charge in [0.25, 0.3) is 0 Å². The average Bonchev–Trinajstić information content (AvgIpc) is 3.06. The topological polar surface area (TPSA) is 79.7 Å². The number of aromatic nitrogens is 2. The normalized spacial score (nSPS) is 18.4. The fourth-order valence-corrected chi connectivity index (χ4v) is 4.54. The van der Waals surface area contributed by atoms with Crippen LogP contribution in [0.25, 0.3) is 12.2 Å². The Hall–Kier alpha value is -4.30. The molecule has 5 nitrogen and oxygen atoms in total. The smallest absolute Gasteiger partial charge is 0.159 e. The summed E-state index contributed by atoms with van der Waals surface area (Å²) in [5.74, 6) is 4.18. The summed E-state index contributed by atoms with van der Waals surface area (Å²) in [6.45, 7) is 8.47. The van der Waals surface area contributed by atoms with Gasteiger partial charge in [0.05, 0.1) is 5.69 Å². The van der Waals surface area contributed by atoms with E-state index >= 15 is 0 Å². The van der Waals surface area contributed by atoms with Crippen molar-refractivity contribution >= 4 is 23.8 Å². The molecule has 0 amide bonds. The van der Waals surface area contributed by atoms with E-state index in [-0.39, 0.29) is 5.84 Å². The predicted molar refractivity (Wildman–Crippen MR) is 168 cm³/mol. The molecule has 0 fully saturated rings. The fraction of sp³-hybridized carbons (Fsp3) is 0.294. The monoisotopic (exact) mass is 519 g/mol. The van der Waals surface area contributed by atoms with Crippen molar-refractivity contribution in [3.8, 4) is 12.3 Å². The lowest BCUT2D eigenvalue weighted by Crippen LogP contribution is -2.13. The van der Waals surface area contributed by atoms with Crippen LogP contribution in [-0.4, -0.2) is 15.6 Å². The minimum absolute atomic E-state index is 0.121.